The van der Waals surface area contributed by atoms with E-state index in [1.165, 1.54) is 6.42 Å². The van der Waals surface area contributed by atoms with E-state index in [0.717, 1.165) is 19.3 Å². The number of amides is 1. The maximum Gasteiger partial charge on any atom is 0.309 e. The summed E-state index contributed by atoms with van der Waals surface area (Å²) in [6.07, 6.45) is 7.28. The molecule has 0 aliphatic heterocycles. The van der Waals surface area contributed by atoms with Crippen molar-refractivity contribution in [2.75, 3.05) is 13.2 Å². The van der Waals surface area contributed by atoms with Gasteiger partial charge in [-0.25, -0.2) is 0 Å². The van der Waals surface area contributed by atoms with Gasteiger partial charge in [-0.15, -0.1) is 0 Å². The highest BCUT2D eigenvalue weighted by Crippen LogP contribution is 2.29. The lowest BCUT2D eigenvalue weighted by Gasteiger charge is -2.25. The van der Waals surface area contributed by atoms with E-state index in [0.29, 0.717) is 18.0 Å². The number of esters is 1. The van der Waals surface area contributed by atoms with E-state index in [9.17, 15) is 9.59 Å². The van der Waals surface area contributed by atoms with Crippen molar-refractivity contribution in [2.24, 2.45) is 11.8 Å². The number of rotatable bonds is 5. The molecule has 1 aromatic rings. The molecule has 0 bridgehead atoms. The first-order chi connectivity index (χ1) is 10.2. The minimum Gasteiger partial charge on any atom is -0.464 e. The standard InChI is InChI=1S/C16H22N2O3/c1-12-3-2-4-14(11-12)16(20)21-10-9-18-15(19)13-5-7-17-8-6-13/h5-8,12,14H,2-4,9-11H2,1H3,(H,18,19)/t12-,14+/m1/s1. The number of carbonyl (C=O) groups is 2. The van der Waals surface area contributed by atoms with Gasteiger partial charge >= 0.3 is 5.97 Å². The van der Waals surface area contributed by atoms with Gasteiger partial charge < -0.3 is 10.1 Å². The van der Waals surface area contributed by atoms with Crippen molar-refractivity contribution >= 4 is 11.9 Å². The topological polar surface area (TPSA) is 68.3 Å². The lowest BCUT2D eigenvalue weighted by Crippen LogP contribution is -2.30. The molecular weight excluding hydrogens is 268 g/mol. The van der Waals surface area contributed by atoms with E-state index < -0.39 is 0 Å². The summed E-state index contributed by atoms with van der Waals surface area (Å²) in [4.78, 5) is 27.5. The van der Waals surface area contributed by atoms with Crippen LogP contribution in [-0.4, -0.2) is 30.0 Å². The first-order valence-corrected chi connectivity index (χ1v) is 7.51. The molecule has 1 N–H and O–H groups in total. The Balaban J connectivity index is 1.65. The van der Waals surface area contributed by atoms with Crippen molar-refractivity contribution in [1.82, 2.24) is 10.3 Å². The first kappa shape index (κ1) is 15.5. The Morgan fingerprint density at radius 1 is 1.33 bits per heavy atom. The van der Waals surface area contributed by atoms with Crippen LogP contribution < -0.4 is 5.32 Å². The van der Waals surface area contributed by atoms with Crippen LogP contribution in [-0.2, 0) is 9.53 Å². The molecular formula is C16H22N2O3. The zero-order chi connectivity index (χ0) is 15.1. The quantitative estimate of drug-likeness (QED) is 0.666. The van der Waals surface area contributed by atoms with Crippen LogP contribution in [0.15, 0.2) is 24.5 Å². The zero-order valence-corrected chi connectivity index (χ0v) is 12.4. The second kappa shape index (κ2) is 7.76. The zero-order valence-electron chi connectivity index (χ0n) is 12.4. The second-order valence-electron chi connectivity index (χ2n) is 5.63. The molecule has 114 valence electrons. The van der Waals surface area contributed by atoms with Crippen LogP contribution >= 0.6 is 0 Å². The predicted molar refractivity (Wildman–Crippen MR) is 78.7 cm³/mol. The molecule has 5 nitrogen and oxygen atoms in total. The van der Waals surface area contributed by atoms with Crippen LogP contribution in [0.3, 0.4) is 0 Å². The molecule has 2 rings (SSSR count). The maximum atomic E-state index is 11.9. The average molecular weight is 290 g/mol. The molecule has 2 atom stereocenters. The molecule has 5 heteroatoms. The van der Waals surface area contributed by atoms with E-state index in [1.807, 2.05) is 0 Å². The molecule has 0 unspecified atom stereocenters. The van der Waals surface area contributed by atoms with E-state index in [4.69, 9.17) is 4.74 Å². The summed E-state index contributed by atoms with van der Waals surface area (Å²) in [5.74, 6) is 0.326. The normalized spacial score (nSPS) is 21.6. The second-order valence-corrected chi connectivity index (χ2v) is 5.63. The lowest BCUT2D eigenvalue weighted by atomic mass is 9.82. The highest BCUT2D eigenvalue weighted by Gasteiger charge is 2.26. The number of carbonyl (C=O) groups excluding carboxylic acids is 2. The van der Waals surface area contributed by atoms with Gasteiger partial charge in [0, 0.05) is 18.0 Å². The number of ether oxygens (including phenoxy) is 1. The fourth-order valence-electron chi connectivity index (χ4n) is 2.69. The van der Waals surface area contributed by atoms with Crippen LogP contribution in [0, 0.1) is 11.8 Å². The summed E-state index contributed by atoms with van der Waals surface area (Å²) < 4.78 is 5.25. The summed E-state index contributed by atoms with van der Waals surface area (Å²) in [7, 11) is 0. The van der Waals surface area contributed by atoms with Crippen LogP contribution in [0.5, 0.6) is 0 Å². The Kier molecular flexibility index (Phi) is 5.72. The molecule has 1 saturated carbocycles. The third-order valence-corrected chi connectivity index (χ3v) is 3.84. The third kappa shape index (κ3) is 4.85. The summed E-state index contributed by atoms with van der Waals surface area (Å²) in [5, 5.41) is 2.72. The van der Waals surface area contributed by atoms with Crippen LogP contribution in [0.25, 0.3) is 0 Å². The van der Waals surface area contributed by atoms with Gasteiger partial charge in [0.15, 0.2) is 0 Å². The highest BCUT2D eigenvalue weighted by molar-refractivity contribution is 5.93. The summed E-state index contributed by atoms with van der Waals surface area (Å²) in [5.41, 5.74) is 0.553. The van der Waals surface area contributed by atoms with Crippen LogP contribution in [0.2, 0.25) is 0 Å². The average Bonchev–Trinajstić information content (AvgIpc) is 2.52. The van der Waals surface area contributed by atoms with Crippen LogP contribution in [0.4, 0.5) is 0 Å². The number of hydrogen-bond donors (Lipinski definition) is 1. The fourth-order valence-corrected chi connectivity index (χ4v) is 2.69. The van der Waals surface area contributed by atoms with E-state index in [1.54, 1.807) is 24.5 Å². The first-order valence-electron chi connectivity index (χ1n) is 7.51. The van der Waals surface area contributed by atoms with Gasteiger partial charge in [0.05, 0.1) is 12.5 Å². The molecule has 0 spiro atoms. The number of aromatic nitrogens is 1. The Morgan fingerprint density at radius 3 is 2.81 bits per heavy atom. The van der Waals surface area contributed by atoms with E-state index in [2.05, 4.69) is 17.2 Å². The Hall–Kier alpha value is -1.91. The maximum absolute atomic E-state index is 11.9. The van der Waals surface area contributed by atoms with Crippen molar-refractivity contribution < 1.29 is 14.3 Å². The summed E-state index contributed by atoms with van der Waals surface area (Å²) >= 11 is 0. The lowest BCUT2D eigenvalue weighted by molar-refractivity contribution is -0.150. The fraction of sp³-hybridized carbons (Fsp3) is 0.562. The molecule has 1 heterocycles. The monoisotopic (exact) mass is 290 g/mol. The van der Waals surface area contributed by atoms with Gasteiger partial charge in [0.2, 0.25) is 0 Å². The molecule has 1 aliphatic carbocycles. The van der Waals surface area contributed by atoms with Crippen molar-refractivity contribution in [1.29, 1.82) is 0 Å². The van der Waals surface area contributed by atoms with Gasteiger partial charge in [0.25, 0.3) is 5.91 Å². The summed E-state index contributed by atoms with van der Waals surface area (Å²) in [6.45, 7) is 2.73. The van der Waals surface area contributed by atoms with Gasteiger partial charge in [-0.1, -0.05) is 19.8 Å². The molecule has 21 heavy (non-hydrogen) atoms. The van der Waals surface area contributed by atoms with Crippen molar-refractivity contribution in [3.8, 4) is 0 Å². The number of hydrogen-bond acceptors (Lipinski definition) is 4. The van der Waals surface area contributed by atoms with Gasteiger partial charge in [-0.3, -0.25) is 14.6 Å². The molecule has 1 fully saturated rings. The van der Waals surface area contributed by atoms with Crippen molar-refractivity contribution in [3.63, 3.8) is 0 Å². The highest BCUT2D eigenvalue weighted by atomic mass is 16.5. The van der Waals surface area contributed by atoms with Gasteiger partial charge in [-0.05, 0) is 30.9 Å². The van der Waals surface area contributed by atoms with Crippen molar-refractivity contribution in [3.05, 3.63) is 30.1 Å². The Labute approximate surface area is 125 Å². The molecule has 0 saturated heterocycles. The Morgan fingerprint density at radius 2 is 2.10 bits per heavy atom. The SMILES string of the molecule is C[C@@H]1CCC[C@H](C(=O)OCCNC(=O)c2ccncc2)C1. The molecule has 0 radical (unpaired) electrons. The third-order valence-electron chi connectivity index (χ3n) is 3.84. The minimum absolute atomic E-state index is 0.0321. The molecule has 1 aliphatic rings. The largest absolute Gasteiger partial charge is 0.464 e. The molecule has 0 aromatic carbocycles. The predicted octanol–water partition coefficient (Wildman–Crippen LogP) is 2.18. The number of pyridine rings is 1. The van der Waals surface area contributed by atoms with Crippen LogP contribution in [0.1, 0.15) is 43.0 Å². The number of nitrogens with one attached hydrogen (secondary N) is 1. The molecule has 1 aromatic heterocycles. The van der Waals surface area contributed by atoms with Gasteiger partial charge in [-0.2, -0.15) is 0 Å². The minimum atomic E-state index is -0.181. The van der Waals surface area contributed by atoms with Gasteiger partial charge in [0.1, 0.15) is 6.61 Å². The Bertz CT molecular complexity index is 476. The summed E-state index contributed by atoms with van der Waals surface area (Å²) in [6, 6.07) is 3.29. The smallest absolute Gasteiger partial charge is 0.309 e. The van der Waals surface area contributed by atoms with Crippen molar-refractivity contribution in [2.45, 2.75) is 32.6 Å². The molecule has 1 amide bonds. The van der Waals surface area contributed by atoms with E-state index >= 15 is 0 Å². The number of nitrogens with zero attached hydrogens (tertiary/aromatic N) is 1. The van der Waals surface area contributed by atoms with E-state index in [-0.39, 0.29) is 24.4 Å².